The van der Waals surface area contributed by atoms with Crippen molar-refractivity contribution in [3.63, 3.8) is 0 Å². The van der Waals surface area contributed by atoms with Crippen molar-refractivity contribution in [1.29, 1.82) is 0 Å². The van der Waals surface area contributed by atoms with Crippen LogP contribution in [0, 0.1) is 0 Å². The van der Waals surface area contributed by atoms with Gasteiger partial charge in [0.25, 0.3) is 0 Å². The van der Waals surface area contributed by atoms with Gasteiger partial charge in [-0.15, -0.1) is 0 Å². The third-order valence-corrected chi connectivity index (χ3v) is 4.38. The van der Waals surface area contributed by atoms with Gasteiger partial charge in [-0.25, -0.2) is 0 Å². The largest absolute Gasteiger partial charge is 0.465 e. The molecule has 0 aromatic carbocycles. The Kier molecular flexibility index (Phi) is 6.85. The van der Waals surface area contributed by atoms with Gasteiger partial charge >= 0.3 is 5.97 Å². The summed E-state index contributed by atoms with van der Waals surface area (Å²) in [6.07, 6.45) is 1.97. The van der Waals surface area contributed by atoms with Crippen LogP contribution in [0.3, 0.4) is 0 Å². The second-order valence-electron chi connectivity index (χ2n) is 5.76. The van der Waals surface area contributed by atoms with E-state index in [0.717, 1.165) is 39.0 Å². The summed E-state index contributed by atoms with van der Waals surface area (Å²) >= 11 is 5.12. The SMILES string of the molecule is CCCCOC(=O)CN1CCN(C(C)(C)C(N)=S)CC1. The minimum atomic E-state index is -0.261. The van der Waals surface area contributed by atoms with Gasteiger partial charge in [-0.3, -0.25) is 14.6 Å². The number of nitrogens with zero attached hydrogens (tertiary/aromatic N) is 2. The van der Waals surface area contributed by atoms with E-state index in [1.54, 1.807) is 0 Å². The molecule has 6 heteroatoms. The number of piperazine rings is 1. The van der Waals surface area contributed by atoms with E-state index >= 15 is 0 Å². The van der Waals surface area contributed by atoms with Crippen molar-refractivity contribution in [2.45, 2.75) is 39.2 Å². The summed E-state index contributed by atoms with van der Waals surface area (Å²) in [4.78, 5) is 16.6. The van der Waals surface area contributed by atoms with E-state index in [9.17, 15) is 4.79 Å². The summed E-state index contributed by atoms with van der Waals surface area (Å²) in [5, 5.41) is 0. The van der Waals surface area contributed by atoms with Gasteiger partial charge in [-0.2, -0.15) is 0 Å². The Morgan fingerprint density at radius 1 is 1.30 bits per heavy atom. The highest BCUT2D eigenvalue weighted by atomic mass is 32.1. The van der Waals surface area contributed by atoms with Crippen LogP contribution in [-0.4, -0.2) is 65.6 Å². The molecule has 0 aromatic rings. The monoisotopic (exact) mass is 301 g/mol. The van der Waals surface area contributed by atoms with E-state index < -0.39 is 0 Å². The van der Waals surface area contributed by atoms with Crippen LogP contribution in [0.5, 0.6) is 0 Å². The smallest absolute Gasteiger partial charge is 0.320 e. The lowest BCUT2D eigenvalue weighted by atomic mass is 10.0. The van der Waals surface area contributed by atoms with Crippen LogP contribution >= 0.6 is 12.2 Å². The van der Waals surface area contributed by atoms with Crippen LogP contribution in [0.25, 0.3) is 0 Å². The summed E-state index contributed by atoms with van der Waals surface area (Å²) in [5.74, 6) is -0.125. The fourth-order valence-corrected chi connectivity index (χ4v) is 2.31. The summed E-state index contributed by atoms with van der Waals surface area (Å²) in [6, 6.07) is 0. The van der Waals surface area contributed by atoms with E-state index in [4.69, 9.17) is 22.7 Å². The van der Waals surface area contributed by atoms with E-state index in [0.29, 0.717) is 18.1 Å². The number of carbonyl (C=O) groups excluding carboxylic acids is 1. The first-order chi connectivity index (χ1) is 9.37. The molecule has 0 saturated carbocycles. The van der Waals surface area contributed by atoms with Gasteiger partial charge in [0.05, 0.1) is 23.7 Å². The molecular weight excluding hydrogens is 274 g/mol. The molecule has 116 valence electrons. The maximum atomic E-state index is 11.7. The molecule has 1 aliphatic heterocycles. The maximum absolute atomic E-state index is 11.7. The van der Waals surface area contributed by atoms with Gasteiger partial charge in [0, 0.05) is 26.2 Å². The number of esters is 1. The van der Waals surface area contributed by atoms with Gasteiger partial charge in [0.1, 0.15) is 0 Å². The normalized spacial score (nSPS) is 17.9. The fraction of sp³-hybridized carbons (Fsp3) is 0.857. The highest BCUT2D eigenvalue weighted by Gasteiger charge is 2.32. The van der Waals surface area contributed by atoms with Crippen molar-refractivity contribution in [2.24, 2.45) is 5.73 Å². The first-order valence-electron chi connectivity index (χ1n) is 7.31. The highest BCUT2D eigenvalue weighted by molar-refractivity contribution is 7.80. The lowest BCUT2D eigenvalue weighted by Gasteiger charge is -2.43. The predicted molar refractivity (Wildman–Crippen MR) is 84.7 cm³/mol. The van der Waals surface area contributed by atoms with E-state index in [1.807, 2.05) is 13.8 Å². The van der Waals surface area contributed by atoms with Gasteiger partial charge in [-0.1, -0.05) is 25.6 Å². The minimum absolute atomic E-state index is 0.125. The number of thiocarbonyl (C=S) groups is 1. The van der Waals surface area contributed by atoms with Crippen LogP contribution in [0.2, 0.25) is 0 Å². The topological polar surface area (TPSA) is 58.8 Å². The third-order valence-electron chi connectivity index (χ3n) is 3.88. The van der Waals surface area contributed by atoms with Gasteiger partial charge in [0.2, 0.25) is 0 Å². The molecule has 0 amide bonds. The molecule has 0 atom stereocenters. The summed E-state index contributed by atoms with van der Waals surface area (Å²) in [6.45, 7) is 10.5. The molecule has 0 spiro atoms. The molecule has 0 aliphatic carbocycles. The number of ether oxygens (including phenoxy) is 1. The number of nitrogens with two attached hydrogens (primary N) is 1. The van der Waals surface area contributed by atoms with Crippen LogP contribution in [0.4, 0.5) is 0 Å². The lowest BCUT2D eigenvalue weighted by Crippen LogP contribution is -2.59. The Morgan fingerprint density at radius 3 is 2.40 bits per heavy atom. The highest BCUT2D eigenvalue weighted by Crippen LogP contribution is 2.17. The van der Waals surface area contributed by atoms with Crippen LogP contribution < -0.4 is 5.73 Å². The Bertz CT molecular complexity index is 339. The molecule has 0 bridgehead atoms. The first kappa shape index (κ1) is 17.3. The molecule has 1 heterocycles. The molecule has 1 aliphatic rings. The molecule has 1 fully saturated rings. The van der Waals surface area contributed by atoms with E-state index in [2.05, 4.69) is 16.7 Å². The second-order valence-corrected chi connectivity index (χ2v) is 6.20. The third kappa shape index (κ3) is 5.00. The number of hydrogen-bond acceptors (Lipinski definition) is 5. The number of hydrogen-bond donors (Lipinski definition) is 1. The molecule has 1 rings (SSSR count). The van der Waals surface area contributed by atoms with Crippen molar-refractivity contribution in [3.8, 4) is 0 Å². The van der Waals surface area contributed by atoms with Gasteiger partial charge in [0.15, 0.2) is 0 Å². The van der Waals surface area contributed by atoms with Crippen molar-refractivity contribution in [1.82, 2.24) is 9.80 Å². The Labute approximate surface area is 127 Å². The lowest BCUT2D eigenvalue weighted by molar-refractivity contribution is -0.145. The number of unbranched alkanes of at least 4 members (excludes halogenated alkanes) is 1. The quantitative estimate of drug-likeness (QED) is 0.430. The first-order valence-corrected chi connectivity index (χ1v) is 7.71. The molecule has 0 radical (unpaired) electrons. The summed E-state index contributed by atoms with van der Waals surface area (Å²) < 4.78 is 5.18. The Morgan fingerprint density at radius 2 is 1.90 bits per heavy atom. The summed E-state index contributed by atoms with van der Waals surface area (Å²) in [5.41, 5.74) is 5.53. The van der Waals surface area contributed by atoms with Crippen LogP contribution in [-0.2, 0) is 9.53 Å². The molecule has 0 unspecified atom stereocenters. The van der Waals surface area contributed by atoms with Gasteiger partial charge in [-0.05, 0) is 20.3 Å². The zero-order valence-electron chi connectivity index (χ0n) is 12.9. The van der Waals surface area contributed by atoms with Crippen molar-refractivity contribution >= 4 is 23.2 Å². The van der Waals surface area contributed by atoms with Crippen LogP contribution in [0.1, 0.15) is 33.6 Å². The standard InChI is InChI=1S/C14H27N3O2S/c1-4-5-10-19-12(18)11-16-6-8-17(9-7-16)14(2,3)13(15)20/h4-11H2,1-3H3,(H2,15,20). The average molecular weight is 301 g/mol. The molecule has 1 saturated heterocycles. The average Bonchev–Trinajstić information content (AvgIpc) is 2.39. The Hall–Kier alpha value is -0.720. The molecule has 5 nitrogen and oxygen atoms in total. The van der Waals surface area contributed by atoms with Crippen molar-refractivity contribution in [3.05, 3.63) is 0 Å². The van der Waals surface area contributed by atoms with Crippen LogP contribution in [0.15, 0.2) is 0 Å². The molecule has 0 aromatic heterocycles. The maximum Gasteiger partial charge on any atom is 0.320 e. The molecular formula is C14H27N3O2S. The number of rotatable bonds is 7. The fourth-order valence-electron chi connectivity index (χ4n) is 2.18. The zero-order valence-corrected chi connectivity index (χ0v) is 13.7. The second kappa shape index (κ2) is 7.90. The van der Waals surface area contributed by atoms with E-state index in [1.165, 1.54) is 0 Å². The van der Waals surface area contributed by atoms with Gasteiger partial charge < -0.3 is 10.5 Å². The molecule has 2 N–H and O–H groups in total. The van der Waals surface area contributed by atoms with Crippen molar-refractivity contribution < 1.29 is 9.53 Å². The Balaban J connectivity index is 2.32. The predicted octanol–water partition coefficient (Wildman–Crippen LogP) is 1.01. The van der Waals surface area contributed by atoms with E-state index in [-0.39, 0.29) is 11.5 Å². The van der Waals surface area contributed by atoms with Crippen molar-refractivity contribution in [2.75, 3.05) is 39.3 Å². The zero-order chi connectivity index (χ0) is 15.2. The summed E-state index contributed by atoms with van der Waals surface area (Å²) in [7, 11) is 0. The molecule has 20 heavy (non-hydrogen) atoms. The minimum Gasteiger partial charge on any atom is -0.465 e. The number of carbonyl (C=O) groups is 1.